The number of nitrogens with one attached hydrogen (secondary N) is 1. The molecule has 1 rings (SSSR count). The molecule has 0 bridgehead atoms. The Labute approximate surface area is 154 Å². The maximum Gasteiger partial charge on any atom is 0.311 e. The van der Waals surface area contributed by atoms with Crippen LogP contribution in [0.2, 0.25) is 0 Å². The van der Waals surface area contributed by atoms with E-state index in [-0.39, 0.29) is 43.6 Å². The van der Waals surface area contributed by atoms with Crippen LogP contribution in [-0.4, -0.2) is 29.5 Å². The number of carbonyl (C=O) groups excluding carboxylic acids is 2. The number of hydrogen-bond donors (Lipinski definition) is 2. The summed E-state index contributed by atoms with van der Waals surface area (Å²) in [6, 6.07) is 5.87. The van der Waals surface area contributed by atoms with Crippen molar-refractivity contribution in [3.8, 4) is 5.75 Å². The third-order valence-corrected chi connectivity index (χ3v) is 3.98. The molecule has 6 heteroatoms. The molecule has 0 spiro atoms. The van der Waals surface area contributed by atoms with Crippen LogP contribution in [0, 0.1) is 0 Å². The second kappa shape index (κ2) is 10.6. The predicted octanol–water partition coefficient (Wildman–Crippen LogP) is 3.60. The Morgan fingerprint density at radius 3 is 2.08 bits per heavy atom. The third kappa shape index (κ3) is 7.25. The van der Waals surface area contributed by atoms with Gasteiger partial charge in [-0.15, -0.1) is 0 Å². The van der Waals surface area contributed by atoms with Gasteiger partial charge in [0.2, 0.25) is 5.91 Å². The number of carboxylic acid groups (broad SMARTS) is 1. The van der Waals surface area contributed by atoms with E-state index < -0.39 is 11.9 Å². The summed E-state index contributed by atoms with van der Waals surface area (Å²) < 4.78 is 5.61. The van der Waals surface area contributed by atoms with Gasteiger partial charge in [0.1, 0.15) is 5.75 Å². The lowest BCUT2D eigenvalue weighted by molar-refractivity contribution is -0.137. The van der Waals surface area contributed by atoms with Crippen LogP contribution in [0.1, 0.15) is 76.3 Å². The molecule has 2 N–H and O–H groups in total. The SMILES string of the molecule is CC(C)c1cccc(C(C)C)c1OC(=O)CCC(=O)NCCCC(=O)O. The van der Waals surface area contributed by atoms with Gasteiger partial charge in [-0.05, 0) is 29.4 Å². The van der Waals surface area contributed by atoms with Crippen molar-refractivity contribution in [2.75, 3.05) is 6.54 Å². The number of hydrogen-bond acceptors (Lipinski definition) is 4. The van der Waals surface area contributed by atoms with Crippen LogP contribution in [0.15, 0.2) is 18.2 Å². The average molecular weight is 363 g/mol. The molecule has 6 nitrogen and oxygen atoms in total. The van der Waals surface area contributed by atoms with Gasteiger partial charge in [-0.3, -0.25) is 14.4 Å². The highest BCUT2D eigenvalue weighted by Gasteiger charge is 2.18. The fourth-order valence-electron chi connectivity index (χ4n) is 2.54. The fraction of sp³-hybridized carbons (Fsp3) is 0.550. The zero-order chi connectivity index (χ0) is 19.7. The molecule has 1 aromatic carbocycles. The Kier molecular flexibility index (Phi) is 8.82. The van der Waals surface area contributed by atoms with Crippen molar-refractivity contribution in [2.24, 2.45) is 0 Å². The normalized spacial score (nSPS) is 10.8. The highest BCUT2D eigenvalue weighted by atomic mass is 16.5. The highest BCUT2D eigenvalue weighted by molar-refractivity contribution is 5.82. The van der Waals surface area contributed by atoms with Gasteiger partial charge in [-0.25, -0.2) is 0 Å². The summed E-state index contributed by atoms with van der Waals surface area (Å²) in [6.45, 7) is 8.46. The Morgan fingerprint density at radius 2 is 1.58 bits per heavy atom. The summed E-state index contributed by atoms with van der Waals surface area (Å²) in [5.41, 5.74) is 1.95. The van der Waals surface area contributed by atoms with Crippen LogP contribution >= 0.6 is 0 Å². The van der Waals surface area contributed by atoms with E-state index in [4.69, 9.17) is 9.84 Å². The maximum atomic E-state index is 12.2. The topological polar surface area (TPSA) is 92.7 Å². The van der Waals surface area contributed by atoms with Crippen molar-refractivity contribution >= 4 is 17.8 Å². The summed E-state index contributed by atoms with van der Waals surface area (Å²) in [6.07, 6.45) is 0.374. The van der Waals surface area contributed by atoms with Crippen LogP contribution in [0.25, 0.3) is 0 Å². The highest BCUT2D eigenvalue weighted by Crippen LogP contribution is 2.34. The number of benzene rings is 1. The molecule has 1 amide bonds. The number of carboxylic acids is 1. The molecule has 0 saturated carbocycles. The number of carbonyl (C=O) groups is 3. The molecule has 0 radical (unpaired) electrons. The summed E-state index contributed by atoms with van der Waals surface area (Å²) in [4.78, 5) is 34.3. The summed E-state index contributed by atoms with van der Waals surface area (Å²) in [5, 5.41) is 11.2. The van der Waals surface area contributed by atoms with Gasteiger partial charge in [0.05, 0.1) is 6.42 Å². The first kappa shape index (κ1) is 21.7. The molecule has 0 unspecified atom stereocenters. The fourth-order valence-corrected chi connectivity index (χ4v) is 2.54. The summed E-state index contributed by atoms with van der Waals surface area (Å²) >= 11 is 0. The number of amides is 1. The Bertz CT molecular complexity index is 611. The molecular formula is C20H29NO5. The zero-order valence-corrected chi connectivity index (χ0v) is 16.0. The standard InChI is InChI=1S/C20H29NO5/c1-13(2)15-7-5-8-16(14(3)4)20(15)26-19(25)11-10-17(22)21-12-6-9-18(23)24/h5,7-8,13-14H,6,9-12H2,1-4H3,(H,21,22)(H,23,24). The molecule has 0 fully saturated rings. The molecule has 0 atom stereocenters. The quantitative estimate of drug-likeness (QED) is 0.376. The summed E-state index contributed by atoms with van der Waals surface area (Å²) in [7, 11) is 0. The maximum absolute atomic E-state index is 12.2. The number of rotatable bonds is 10. The molecule has 26 heavy (non-hydrogen) atoms. The minimum absolute atomic E-state index is 0.00624. The lowest BCUT2D eigenvalue weighted by atomic mass is 9.94. The molecule has 0 aliphatic carbocycles. The van der Waals surface area contributed by atoms with Crippen molar-refractivity contribution in [1.29, 1.82) is 0 Å². The van der Waals surface area contributed by atoms with Gasteiger partial charge in [0.15, 0.2) is 0 Å². The lowest BCUT2D eigenvalue weighted by Gasteiger charge is -2.18. The van der Waals surface area contributed by atoms with Gasteiger partial charge in [0.25, 0.3) is 0 Å². The van der Waals surface area contributed by atoms with Crippen LogP contribution in [0.5, 0.6) is 5.75 Å². The molecule has 0 aliphatic rings. The first-order chi connectivity index (χ1) is 12.2. The van der Waals surface area contributed by atoms with E-state index in [1.807, 2.05) is 45.9 Å². The van der Waals surface area contributed by atoms with Crippen LogP contribution < -0.4 is 10.1 Å². The average Bonchev–Trinajstić information content (AvgIpc) is 2.56. The number of esters is 1. The molecule has 0 heterocycles. The Hall–Kier alpha value is -2.37. The smallest absolute Gasteiger partial charge is 0.311 e. The minimum Gasteiger partial charge on any atom is -0.481 e. The first-order valence-corrected chi connectivity index (χ1v) is 9.04. The number of para-hydroxylation sites is 1. The van der Waals surface area contributed by atoms with Crippen LogP contribution in [0.3, 0.4) is 0 Å². The second-order valence-corrected chi connectivity index (χ2v) is 6.90. The van der Waals surface area contributed by atoms with Gasteiger partial charge < -0.3 is 15.2 Å². The van der Waals surface area contributed by atoms with E-state index in [1.54, 1.807) is 0 Å². The van der Waals surface area contributed by atoms with Gasteiger partial charge in [-0.1, -0.05) is 45.9 Å². The van der Waals surface area contributed by atoms with E-state index >= 15 is 0 Å². The molecule has 1 aromatic rings. The zero-order valence-electron chi connectivity index (χ0n) is 16.0. The second-order valence-electron chi connectivity index (χ2n) is 6.90. The van der Waals surface area contributed by atoms with E-state index in [1.165, 1.54) is 0 Å². The molecular weight excluding hydrogens is 334 g/mol. The number of ether oxygens (including phenoxy) is 1. The molecule has 0 saturated heterocycles. The van der Waals surface area contributed by atoms with E-state index in [0.717, 1.165) is 11.1 Å². The molecule has 0 aromatic heterocycles. The van der Waals surface area contributed by atoms with E-state index in [9.17, 15) is 14.4 Å². The van der Waals surface area contributed by atoms with Gasteiger partial charge >= 0.3 is 11.9 Å². The van der Waals surface area contributed by atoms with Crippen molar-refractivity contribution in [2.45, 2.75) is 65.2 Å². The molecule has 0 aliphatic heterocycles. The van der Waals surface area contributed by atoms with E-state index in [2.05, 4.69) is 5.32 Å². The van der Waals surface area contributed by atoms with Gasteiger partial charge in [-0.2, -0.15) is 0 Å². The Balaban J connectivity index is 2.60. The lowest BCUT2D eigenvalue weighted by Crippen LogP contribution is -2.26. The van der Waals surface area contributed by atoms with E-state index in [0.29, 0.717) is 12.2 Å². The van der Waals surface area contributed by atoms with Crippen molar-refractivity contribution < 1.29 is 24.2 Å². The third-order valence-electron chi connectivity index (χ3n) is 3.98. The molecule has 144 valence electrons. The first-order valence-electron chi connectivity index (χ1n) is 9.04. The largest absolute Gasteiger partial charge is 0.481 e. The van der Waals surface area contributed by atoms with Crippen LogP contribution in [0.4, 0.5) is 0 Å². The number of aliphatic carboxylic acids is 1. The van der Waals surface area contributed by atoms with Crippen molar-refractivity contribution in [3.63, 3.8) is 0 Å². The van der Waals surface area contributed by atoms with Crippen molar-refractivity contribution in [1.82, 2.24) is 5.32 Å². The summed E-state index contributed by atoms with van der Waals surface area (Å²) in [5.74, 6) is -0.589. The van der Waals surface area contributed by atoms with Crippen molar-refractivity contribution in [3.05, 3.63) is 29.3 Å². The minimum atomic E-state index is -0.896. The predicted molar refractivity (Wildman–Crippen MR) is 99.4 cm³/mol. The Morgan fingerprint density at radius 1 is 1.00 bits per heavy atom. The van der Waals surface area contributed by atoms with Gasteiger partial charge in [0, 0.05) is 19.4 Å². The monoisotopic (exact) mass is 363 g/mol. The van der Waals surface area contributed by atoms with Crippen LogP contribution in [-0.2, 0) is 14.4 Å².